The minimum Gasteiger partial charge on any atom is -0.491 e. The van der Waals surface area contributed by atoms with Crippen LogP contribution in [0.3, 0.4) is 0 Å². The molecular weight excluding hydrogens is 308 g/mol. The molecule has 0 aliphatic carbocycles. The number of ether oxygens (including phenoxy) is 3. The lowest BCUT2D eigenvalue weighted by Crippen LogP contribution is -2.31. The van der Waals surface area contributed by atoms with Crippen molar-refractivity contribution in [1.29, 1.82) is 0 Å². The summed E-state index contributed by atoms with van der Waals surface area (Å²) in [6, 6.07) is 7.57. The van der Waals surface area contributed by atoms with Gasteiger partial charge in [-0.25, -0.2) is 0 Å². The fourth-order valence-corrected chi connectivity index (χ4v) is 1.69. The first-order valence-corrected chi connectivity index (χ1v) is 6.89. The molecule has 0 spiro atoms. The summed E-state index contributed by atoms with van der Waals surface area (Å²) in [5.74, 6) is 0.706. The second-order valence-corrected chi connectivity index (χ2v) is 4.56. The Morgan fingerprint density at radius 3 is 2.45 bits per heavy atom. The molecule has 0 heterocycles. The van der Waals surface area contributed by atoms with Crippen molar-refractivity contribution in [2.45, 2.75) is 19.1 Å². The van der Waals surface area contributed by atoms with E-state index in [-0.39, 0.29) is 30.8 Å². The molecule has 1 amide bonds. The van der Waals surface area contributed by atoms with Crippen LogP contribution >= 0.6 is 12.4 Å². The summed E-state index contributed by atoms with van der Waals surface area (Å²) >= 11 is 0. The highest BCUT2D eigenvalue weighted by Crippen LogP contribution is 2.12. The SMILES string of the molecule is COCCOc1ccc(CNC(=O)CC(CN)OC)cc1.Cl. The number of carbonyl (C=O) groups is 1. The Bertz CT molecular complexity index is 411. The number of hydrogen-bond acceptors (Lipinski definition) is 5. The van der Waals surface area contributed by atoms with Crippen molar-refractivity contribution in [3.8, 4) is 5.75 Å². The van der Waals surface area contributed by atoms with Crippen LogP contribution in [0.4, 0.5) is 0 Å². The zero-order chi connectivity index (χ0) is 15.5. The maximum absolute atomic E-state index is 11.7. The molecule has 22 heavy (non-hydrogen) atoms. The molecule has 0 aromatic heterocycles. The van der Waals surface area contributed by atoms with Gasteiger partial charge in [-0.1, -0.05) is 12.1 Å². The van der Waals surface area contributed by atoms with E-state index in [0.29, 0.717) is 26.3 Å². The molecule has 0 saturated heterocycles. The number of nitrogens with one attached hydrogen (secondary N) is 1. The van der Waals surface area contributed by atoms with E-state index in [9.17, 15) is 4.79 Å². The van der Waals surface area contributed by atoms with Crippen molar-refractivity contribution in [3.63, 3.8) is 0 Å². The molecule has 1 rings (SSSR count). The van der Waals surface area contributed by atoms with Crippen molar-refractivity contribution in [1.82, 2.24) is 5.32 Å². The number of hydrogen-bond donors (Lipinski definition) is 2. The van der Waals surface area contributed by atoms with E-state index in [2.05, 4.69) is 5.32 Å². The summed E-state index contributed by atoms with van der Waals surface area (Å²) < 4.78 is 15.4. The lowest BCUT2D eigenvalue weighted by atomic mass is 10.2. The molecule has 126 valence electrons. The Labute approximate surface area is 137 Å². The first-order valence-electron chi connectivity index (χ1n) is 6.89. The van der Waals surface area contributed by atoms with E-state index in [1.54, 1.807) is 14.2 Å². The largest absolute Gasteiger partial charge is 0.491 e. The van der Waals surface area contributed by atoms with Crippen LogP contribution in [-0.4, -0.2) is 46.0 Å². The van der Waals surface area contributed by atoms with Crippen LogP contribution in [-0.2, 0) is 20.8 Å². The number of rotatable bonds is 10. The predicted molar refractivity (Wildman–Crippen MR) is 87.4 cm³/mol. The van der Waals surface area contributed by atoms with Crippen LogP contribution < -0.4 is 15.8 Å². The van der Waals surface area contributed by atoms with E-state index < -0.39 is 0 Å². The normalized spacial score (nSPS) is 11.4. The highest BCUT2D eigenvalue weighted by atomic mass is 35.5. The van der Waals surface area contributed by atoms with Gasteiger partial charge in [0.05, 0.1) is 19.1 Å². The van der Waals surface area contributed by atoms with Crippen molar-refractivity contribution in [2.75, 3.05) is 34.0 Å². The topological polar surface area (TPSA) is 82.8 Å². The molecule has 7 heteroatoms. The van der Waals surface area contributed by atoms with Gasteiger partial charge >= 0.3 is 0 Å². The monoisotopic (exact) mass is 332 g/mol. The lowest BCUT2D eigenvalue weighted by molar-refractivity contribution is -0.123. The van der Waals surface area contributed by atoms with Crippen LogP contribution in [0.5, 0.6) is 5.75 Å². The quantitative estimate of drug-likeness (QED) is 0.627. The molecule has 0 saturated carbocycles. The molecule has 0 aliphatic heterocycles. The van der Waals surface area contributed by atoms with E-state index >= 15 is 0 Å². The summed E-state index contributed by atoms with van der Waals surface area (Å²) in [4.78, 5) is 11.7. The lowest BCUT2D eigenvalue weighted by Gasteiger charge is -2.12. The molecule has 1 unspecified atom stereocenters. The third kappa shape index (κ3) is 8.19. The van der Waals surface area contributed by atoms with Gasteiger partial charge in [0.25, 0.3) is 0 Å². The zero-order valence-electron chi connectivity index (χ0n) is 13.0. The van der Waals surface area contributed by atoms with E-state index in [0.717, 1.165) is 11.3 Å². The van der Waals surface area contributed by atoms with Crippen LogP contribution in [0.25, 0.3) is 0 Å². The van der Waals surface area contributed by atoms with Gasteiger partial charge in [0.2, 0.25) is 5.91 Å². The number of carbonyl (C=O) groups excluding carboxylic acids is 1. The summed E-state index contributed by atoms with van der Waals surface area (Å²) in [6.07, 6.45) is 0.0344. The van der Waals surface area contributed by atoms with Crippen molar-refractivity contribution < 1.29 is 19.0 Å². The van der Waals surface area contributed by atoms with Gasteiger partial charge in [-0.2, -0.15) is 0 Å². The molecule has 0 fully saturated rings. The highest BCUT2D eigenvalue weighted by Gasteiger charge is 2.10. The van der Waals surface area contributed by atoms with Gasteiger partial charge in [-0.15, -0.1) is 12.4 Å². The summed E-state index contributed by atoms with van der Waals surface area (Å²) in [5.41, 5.74) is 6.48. The fourth-order valence-electron chi connectivity index (χ4n) is 1.69. The molecule has 1 atom stereocenters. The van der Waals surface area contributed by atoms with Crippen LogP contribution in [0.15, 0.2) is 24.3 Å². The van der Waals surface area contributed by atoms with Gasteiger partial charge in [-0.3, -0.25) is 4.79 Å². The summed E-state index contributed by atoms with van der Waals surface area (Å²) in [6.45, 7) is 1.87. The van der Waals surface area contributed by atoms with Crippen molar-refractivity contribution in [3.05, 3.63) is 29.8 Å². The third-order valence-corrected chi connectivity index (χ3v) is 2.98. The second-order valence-electron chi connectivity index (χ2n) is 4.56. The van der Waals surface area contributed by atoms with Crippen LogP contribution in [0, 0.1) is 0 Å². The Kier molecular flexibility index (Phi) is 11.5. The second kappa shape index (κ2) is 12.2. The maximum atomic E-state index is 11.7. The molecular formula is C15H25ClN2O4. The first kappa shape index (κ1) is 20.7. The predicted octanol–water partition coefficient (Wildman–Crippen LogP) is 1.11. The average molecular weight is 333 g/mol. The zero-order valence-corrected chi connectivity index (χ0v) is 13.9. The molecule has 0 radical (unpaired) electrons. The summed E-state index contributed by atoms with van der Waals surface area (Å²) in [7, 11) is 3.18. The molecule has 3 N–H and O–H groups in total. The Balaban J connectivity index is 0.00000441. The van der Waals surface area contributed by atoms with Crippen molar-refractivity contribution in [2.24, 2.45) is 5.73 Å². The average Bonchev–Trinajstić information content (AvgIpc) is 2.52. The molecule has 0 aliphatic rings. The van der Waals surface area contributed by atoms with Crippen molar-refractivity contribution >= 4 is 18.3 Å². The molecule has 0 bridgehead atoms. The Hall–Kier alpha value is -1.34. The number of halogens is 1. The van der Waals surface area contributed by atoms with E-state index in [1.165, 1.54) is 0 Å². The van der Waals surface area contributed by atoms with Gasteiger partial charge < -0.3 is 25.3 Å². The van der Waals surface area contributed by atoms with Crippen LogP contribution in [0.1, 0.15) is 12.0 Å². The number of benzene rings is 1. The standard InChI is InChI=1S/C15H24N2O4.ClH/c1-19-7-8-21-13-5-3-12(4-6-13)11-17-15(18)9-14(10-16)20-2;/h3-6,14H,7-11,16H2,1-2H3,(H,17,18);1H. The number of methoxy groups -OCH3 is 2. The van der Waals surface area contributed by atoms with Gasteiger partial charge in [0.1, 0.15) is 12.4 Å². The minimum atomic E-state index is -0.235. The van der Waals surface area contributed by atoms with E-state index in [4.69, 9.17) is 19.9 Å². The third-order valence-electron chi connectivity index (χ3n) is 2.98. The molecule has 1 aromatic rings. The number of amides is 1. The molecule has 6 nitrogen and oxygen atoms in total. The van der Waals surface area contributed by atoms with E-state index in [1.807, 2.05) is 24.3 Å². The minimum absolute atomic E-state index is 0. The Morgan fingerprint density at radius 1 is 1.23 bits per heavy atom. The van der Waals surface area contributed by atoms with Gasteiger partial charge in [0, 0.05) is 27.3 Å². The smallest absolute Gasteiger partial charge is 0.222 e. The first-order chi connectivity index (χ1) is 10.2. The Morgan fingerprint density at radius 2 is 1.91 bits per heavy atom. The maximum Gasteiger partial charge on any atom is 0.222 e. The van der Waals surface area contributed by atoms with Gasteiger partial charge in [0.15, 0.2) is 0 Å². The molecule has 1 aromatic carbocycles. The number of nitrogens with two attached hydrogens (primary N) is 1. The van der Waals surface area contributed by atoms with Crippen LogP contribution in [0.2, 0.25) is 0 Å². The fraction of sp³-hybridized carbons (Fsp3) is 0.533. The highest BCUT2D eigenvalue weighted by molar-refractivity contribution is 5.85. The van der Waals surface area contributed by atoms with Gasteiger partial charge in [-0.05, 0) is 17.7 Å². The summed E-state index contributed by atoms with van der Waals surface area (Å²) in [5, 5.41) is 2.83.